The lowest BCUT2D eigenvalue weighted by Crippen LogP contribution is -2.39. The molecule has 0 unspecified atom stereocenters. The summed E-state index contributed by atoms with van der Waals surface area (Å²) >= 11 is 0. The number of hydrogen-bond donors (Lipinski definition) is 1. The van der Waals surface area contributed by atoms with E-state index < -0.39 is 5.97 Å². The first kappa shape index (κ1) is 12.1. The first-order valence-corrected chi connectivity index (χ1v) is 5.52. The fourth-order valence-electron chi connectivity index (χ4n) is 1.56. The Labute approximate surface area is 104 Å². The van der Waals surface area contributed by atoms with Crippen molar-refractivity contribution in [3.8, 4) is 11.4 Å². The summed E-state index contributed by atoms with van der Waals surface area (Å²) in [6.07, 6.45) is 6.86. The highest BCUT2D eigenvalue weighted by atomic mass is 16.4. The highest BCUT2D eigenvalue weighted by Gasteiger charge is 2.12. The quantitative estimate of drug-likeness (QED) is 0.798. The average Bonchev–Trinajstić information content (AvgIpc) is 2.37. The predicted molar refractivity (Wildman–Crippen MR) is 62.4 cm³/mol. The van der Waals surface area contributed by atoms with E-state index in [-0.39, 0.29) is 6.42 Å². The highest BCUT2D eigenvalue weighted by molar-refractivity contribution is 5.66. The van der Waals surface area contributed by atoms with Crippen molar-refractivity contribution in [3.05, 3.63) is 36.4 Å². The zero-order chi connectivity index (χ0) is 13.0. The van der Waals surface area contributed by atoms with Crippen molar-refractivity contribution < 1.29 is 14.6 Å². The van der Waals surface area contributed by atoms with Crippen LogP contribution in [-0.2, 0) is 11.3 Å². The van der Waals surface area contributed by atoms with Crippen molar-refractivity contribution in [2.45, 2.75) is 19.9 Å². The number of aryl methyl sites for hydroxylation is 2. The molecule has 2 aromatic heterocycles. The van der Waals surface area contributed by atoms with Gasteiger partial charge in [-0.25, -0.2) is 9.97 Å². The molecule has 0 bridgehead atoms. The molecule has 2 rings (SSSR count). The van der Waals surface area contributed by atoms with Crippen LogP contribution in [0.25, 0.3) is 11.4 Å². The lowest BCUT2D eigenvalue weighted by molar-refractivity contribution is -0.753. The van der Waals surface area contributed by atoms with Crippen LogP contribution < -0.4 is 4.68 Å². The molecule has 0 aliphatic carbocycles. The van der Waals surface area contributed by atoms with Gasteiger partial charge in [0.05, 0.1) is 5.56 Å². The van der Waals surface area contributed by atoms with Gasteiger partial charge in [0, 0.05) is 18.0 Å². The van der Waals surface area contributed by atoms with Crippen LogP contribution in [0.2, 0.25) is 0 Å². The van der Waals surface area contributed by atoms with E-state index in [2.05, 4.69) is 15.1 Å². The first-order chi connectivity index (χ1) is 8.66. The fraction of sp³-hybridized carbons (Fsp3) is 0.250. The van der Waals surface area contributed by atoms with E-state index in [9.17, 15) is 4.79 Å². The van der Waals surface area contributed by atoms with E-state index in [0.717, 1.165) is 11.1 Å². The summed E-state index contributed by atoms with van der Waals surface area (Å²) < 4.78 is 1.61. The smallest absolute Gasteiger partial charge is 0.309 e. The summed E-state index contributed by atoms with van der Waals surface area (Å²) in [6.45, 7) is 2.27. The second-order valence-electron chi connectivity index (χ2n) is 3.85. The molecule has 6 nitrogen and oxygen atoms in total. The Kier molecular flexibility index (Phi) is 3.57. The molecule has 0 aliphatic rings. The van der Waals surface area contributed by atoms with Crippen molar-refractivity contribution in [1.82, 2.24) is 15.1 Å². The average molecular weight is 245 g/mol. The van der Waals surface area contributed by atoms with Gasteiger partial charge in [-0.2, -0.15) is 0 Å². The van der Waals surface area contributed by atoms with E-state index in [1.54, 1.807) is 35.5 Å². The number of rotatable bonds is 4. The number of carboxylic acid groups (broad SMARTS) is 1. The Bertz CT molecular complexity index is 557. The lowest BCUT2D eigenvalue weighted by atomic mass is 10.2. The van der Waals surface area contributed by atoms with Crippen LogP contribution in [0.5, 0.6) is 0 Å². The normalized spacial score (nSPS) is 10.3. The van der Waals surface area contributed by atoms with Gasteiger partial charge in [-0.15, -0.1) is 0 Å². The van der Waals surface area contributed by atoms with Gasteiger partial charge in [0.2, 0.25) is 0 Å². The summed E-state index contributed by atoms with van der Waals surface area (Å²) in [5.74, 6) is -0.217. The van der Waals surface area contributed by atoms with Crippen LogP contribution in [0.4, 0.5) is 0 Å². The number of hydrogen-bond acceptors (Lipinski definition) is 4. The molecule has 0 amide bonds. The molecular formula is C12H13N4O2+. The van der Waals surface area contributed by atoms with Crippen LogP contribution in [0.1, 0.15) is 12.0 Å². The molecule has 0 spiro atoms. The summed E-state index contributed by atoms with van der Waals surface area (Å²) in [7, 11) is 0. The summed E-state index contributed by atoms with van der Waals surface area (Å²) in [5.41, 5.74) is 1.81. The maximum absolute atomic E-state index is 10.5. The standard InChI is InChI=1S/C12H12N4O2/c1-9-8-16(6-3-11(17)18)15-7-10(9)12-13-4-2-5-14-12/h2,4-5,7-8H,3,6H2,1H3/p+1. The van der Waals surface area contributed by atoms with Crippen LogP contribution >= 0.6 is 0 Å². The van der Waals surface area contributed by atoms with Gasteiger partial charge in [-0.1, -0.05) is 4.68 Å². The topological polar surface area (TPSA) is 79.9 Å². The van der Waals surface area contributed by atoms with E-state index in [1.807, 2.05) is 6.92 Å². The Morgan fingerprint density at radius 3 is 2.72 bits per heavy atom. The molecule has 2 aromatic rings. The van der Waals surface area contributed by atoms with Crippen LogP contribution in [0.3, 0.4) is 0 Å². The molecule has 1 N–H and O–H groups in total. The second-order valence-corrected chi connectivity index (χ2v) is 3.85. The molecule has 0 saturated carbocycles. The third-order valence-corrected chi connectivity index (χ3v) is 2.46. The number of aliphatic carboxylic acids is 1. The lowest BCUT2D eigenvalue weighted by Gasteiger charge is -2.01. The molecule has 0 aliphatic heterocycles. The fourth-order valence-corrected chi connectivity index (χ4v) is 1.56. The van der Waals surface area contributed by atoms with Crippen molar-refractivity contribution in [2.24, 2.45) is 0 Å². The Morgan fingerprint density at radius 2 is 2.11 bits per heavy atom. The molecule has 6 heteroatoms. The van der Waals surface area contributed by atoms with Gasteiger partial charge in [-0.05, 0) is 18.1 Å². The molecular weight excluding hydrogens is 232 g/mol. The van der Waals surface area contributed by atoms with Gasteiger partial charge >= 0.3 is 5.97 Å². The first-order valence-electron chi connectivity index (χ1n) is 5.52. The molecule has 0 atom stereocenters. The summed E-state index contributed by atoms with van der Waals surface area (Å²) in [4.78, 5) is 18.8. The maximum atomic E-state index is 10.5. The third-order valence-electron chi connectivity index (χ3n) is 2.46. The van der Waals surface area contributed by atoms with Crippen molar-refractivity contribution >= 4 is 5.97 Å². The van der Waals surface area contributed by atoms with Gasteiger partial charge in [0.25, 0.3) is 0 Å². The Hall–Kier alpha value is -2.37. The zero-order valence-corrected chi connectivity index (χ0v) is 9.95. The van der Waals surface area contributed by atoms with Gasteiger partial charge < -0.3 is 5.11 Å². The molecule has 0 fully saturated rings. The maximum Gasteiger partial charge on any atom is 0.309 e. The number of carboxylic acids is 1. The third kappa shape index (κ3) is 2.85. The number of nitrogens with zero attached hydrogens (tertiary/aromatic N) is 4. The van der Waals surface area contributed by atoms with E-state index >= 15 is 0 Å². The Balaban J connectivity index is 2.23. The van der Waals surface area contributed by atoms with Crippen molar-refractivity contribution in [3.63, 3.8) is 0 Å². The van der Waals surface area contributed by atoms with Gasteiger partial charge in [-0.3, -0.25) is 4.79 Å². The van der Waals surface area contributed by atoms with E-state index in [1.165, 1.54) is 0 Å². The highest BCUT2D eigenvalue weighted by Crippen LogP contribution is 2.15. The van der Waals surface area contributed by atoms with Gasteiger partial charge in [0.1, 0.15) is 12.6 Å². The number of aromatic nitrogens is 4. The van der Waals surface area contributed by atoms with Crippen LogP contribution in [0, 0.1) is 6.92 Å². The number of carbonyl (C=O) groups is 1. The van der Waals surface area contributed by atoms with E-state index in [4.69, 9.17) is 5.11 Å². The van der Waals surface area contributed by atoms with Crippen molar-refractivity contribution in [2.75, 3.05) is 0 Å². The molecule has 18 heavy (non-hydrogen) atoms. The molecule has 0 saturated heterocycles. The van der Waals surface area contributed by atoms with Gasteiger partial charge in [0.15, 0.2) is 18.6 Å². The molecule has 0 radical (unpaired) electrons. The minimum Gasteiger partial charge on any atom is -0.481 e. The van der Waals surface area contributed by atoms with Crippen LogP contribution in [0.15, 0.2) is 30.9 Å². The molecule has 92 valence electrons. The summed E-state index contributed by atoms with van der Waals surface area (Å²) in [6, 6.07) is 1.75. The molecule has 0 aromatic carbocycles. The van der Waals surface area contributed by atoms with E-state index in [0.29, 0.717) is 12.4 Å². The predicted octanol–water partition coefficient (Wildman–Crippen LogP) is 0.609. The Morgan fingerprint density at radius 1 is 1.39 bits per heavy atom. The zero-order valence-electron chi connectivity index (χ0n) is 9.95. The second kappa shape index (κ2) is 5.31. The molecule has 2 heterocycles. The minimum absolute atomic E-state index is 0.0539. The van der Waals surface area contributed by atoms with Crippen molar-refractivity contribution in [1.29, 1.82) is 0 Å². The minimum atomic E-state index is -0.836. The van der Waals surface area contributed by atoms with Crippen LogP contribution in [-0.4, -0.2) is 26.1 Å². The largest absolute Gasteiger partial charge is 0.481 e. The summed E-state index contributed by atoms with van der Waals surface area (Å²) in [5, 5.41) is 12.8. The SMILES string of the molecule is Cc1c[n+](CCC(=O)O)ncc1-c1ncccn1. The monoisotopic (exact) mass is 245 g/mol.